The number of hydrogen-bond donors (Lipinski definition) is 2. The number of hydrogen-bond acceptors (Lipinski definition) is 7. The predicted octanol–water partition coefficient (Wildman–Crippen LogP) is 4.16. The number of fused-ring (bicyclic) bond motifs is 1. The Morgan fingerprint density at radius 2 is 1.89 bits per heavy atom. The van der Waals surface area contributed by atoms with Gasteiger partial charge in [-0.25, -0.2) is 23.7 Å². The van der Waals surface area contributed by atoms with Gasteiger partial charge in [0.15, 0.2) is 11.6 Å². The van der Waals surface area contributed by atoms with E-state index in [1.807, 2.05) is 29.6 Å². The summed E-state index contributed by atoms with van der Waals surface area (Å²) >= 11 is 1.70. The Kier molecular flexibility index (Phi) is 7.45. The fourth-order valence-electron chi connectivity index (χ4n) is 3.94. The average Bonchev–Trinajstić information content (AvgIpc) is 3.44. The fraction of sp³-hybridized carbons (Fsp3) is 0.148. The molecule has 1 amide bonds. The van der Waals surface area contributed by atoms with Crippen LogP contribution in [0.1, 0.15) is 26.4 Å². The molecule has 3 aromatic heterocycles. The van der Waals surface area contributed by atoms with Crippen LogP contribution in [0.4, 0.5) is 14.6 Å². The molecule has 3 heterocycles. The molecule has 0 aliphatic rings. The molecule has 0 spiro atoms. The Balaban J connectivity index is 1.27. The summed E-state index contributed by atoms with van der Waals surface area (Å²) in [6.45, 7) is 0.818. The number of nitrogens with zero attached hydrogens (tertiary/aromatic N) is 4. The molecule has 0 unspecified atom stereocenters. The molecule has 38 heavy (non-hydrogen) atoms. The number of nitrogens with one attached hydrogen (secondary N) is 2. The Hall–Kier alpha value is -4.51. The van der Waals surface area contributed by atoms with Crippen LogP contribution in [0.2, 0.25) is 0 Å². The third-order valence-corrected chi connectivity index (χ3v) is 6.82. The number of anilines is 1. The van der Waals surface area contributed by atoms with E-state index in [2.05, 4.69) is 31.7 Å². The van der Waals surface area contributed by atoms with Crippen LogP contribution < -0.4 is 16.2 Å². The van der Waals surface area contributed by atoms with Crippen molar-refractivity contribution < 1.29 is 13.6 Å². The summed E-state index contributed by atoms with van der Waals surface area (Å²) in [5.41, 5.74) is 1.18. The van der Waals surface area contributed by atoms with Gasteiger partial charge < -0.3 is 10.6 Å². The van der Waals surface area contributed by atoms with Gasteiger partial charge in [-0.05, 0) is 53.3 Å². The lowest BCUT2D eigenvalue weighted by atomic mass is 10.1. The van der Waals surface area contributed by atoms with E-state index in [0.717, 1.165) is 35.0 Å². The minimum absolute atomic E-state index is 0.0584. The third kappa shape index (κ3) is 5.73. The number of rotatable bonds is 9. The second kappa shape index (κ2) is 11.3. The summed E-state index contributed by atoms with van der Waals surface area (Å²) in [6, 6.07) is 13.1. The second-order valence-electron chi connectivity index (χ2n) is 8.50. The van der Waals surface area contributed by atoms with Crippen molar-refractivity contribution in [3.63, 3.8) is 0 Å². The first-order chi connectivity index (χ1) is 18.5. The molecular weight excluding hydrogens is 510 g/mol. The smallest absolute Gasteiger partial charge is 0.266 e. The molecule has 2 N–H and O–H groups in total. The van der Waals surface area contributed by atoms with E-state index in [-0.39, 0.29) is 18.7 Å². The van der Waals surface area contributed by atoms with E-state index >= 15 is 0 Å². The van der Waals surface area contributed by atoms with Gasteiger partial charge in [0, 0.05) is 29.5 Å². The van der Waals surface area contributed by atoms with Crippen molar-refractivity contribution in [2.75, 3.05) is 11.9 Å². The summed E-state index contributed by atoms with van der Waals surface area (Å²) in [5.74, 6) is -1.89. The van der Waals surface area contributed by atoms with Gasteiger partial charge >= 0.3 is 0 Å². The summed E-state index contributed by atoms with van der Waals surface area (Å²) in [7, 11) is 0. The van der Waals surface area contributed by atoms with E-state index < -0.39 is 23.1 Å². The molecule has 0 bridgehead atoms. The molecule has 0 saturated carbocycles. The molecule has 8 nitrogen and oxygen atoms in total. The lowest BCUT2D eigenvalue weighted by Gasteiger charge is -2.11. The topological polar surface area (TPSA) is 102 Å². The number of carbonyl (C=O) groups is 1. The van der Waals surface area contributed by atoms with Crippen molar-refractivity contribution in [2.45, 2.75) is 19.5 Å². The Labute approximate surface area is 220 Å². The van der Waals surface area contributed by atoms with Crippen molar-refractivity contribution in [2.24, 2.45) is 0 Å². The molecule has 5 rings (SSSR count). The molecule has 0 aliphatic heterocycles. The first-order valence-corrected chi connectivity index (χ1v) is 12.6. The largest absolute Gasteiger partial charge is 0.369 e. The summed E-state index contributed by atoms with van der Waals surface area (Å²) in [6.07, 6.45) is 4.81. The zero-order valence-corrected chi connectivity index (χ0v) is 20.8. The Morgan fingerprint density at radius 3 is 2.71 bits per heavy atom. The van der Waals surface area contributed by atoms with Crippen LogP contribution >= 0.6 is 11.3 Å². The molecule has 0 fully saturated rings. The number of benzene rings is 2. The highest BCUT2D eigenvalue weighted by Gasteiger charge is 2.14. The number of amides is 1. The molecule has 5 aromatic rings. The van der Waals surface area contributed by atoms with E-state index in [0.29, 0.717) is 17.9 Å². The number of carbonyl (C=O) groups excluding carboxylic acids is 1. The van der Waals surface area contributed by atoms with Gasteiger partial charge in [0.2, 0.25) is 0 Å². The molecule has 0 aliphatic carbocycles. The third-order valence-electron chi connectivity index (χ3n) is 5.88. The molecule has 2 aromatic carbocycles. The second-order valence-corrected chi connectivity index (χ2v) is 9.53. The maximum absolute atomic E-state index is 13.5. The van der Waals surface area contributed by atoms with E-state index in [1.165, 1.54) is 34.4 Å². The number of halogens is 2. The zero-order chi connectivity index (χ0) is 26.5. The van der Waals surface area contributed by atoms with Crippen LogP contribution in [0.3, 0.4) is 0 Å². The Morgan fingerprint density at radius 1 is 1.03 bits per heavy atom. The van der Waals surface area contributed by atoms with Gasteiger partial charge in [0.05, 0.1) is 18.4 Å². The van der Waals surface area contributed by atoms with E-state index in [4.69, 9.17) is 0 Å². The molecule has 0 saturated heterocycles. The van der Waals surface area contributed by atoms with Crippen molar-refractivity contribution in [1.29, 1.82) is 0 Å². The summed E-state index contributed by atoms with van der Waals surface area (Å²) < 4.78 is 27.9. The lowest BCUT2D eigenvalue weighted by Crippen LogP contribution is -2.33. The number of thiophene rings is 1. The van der Waals surface area contributed by atoms with Crippen molar-refractivity contribution in [1.82, 2.24) is 24.8 Å². The van der Waals surface area contributed by atoms with Crippen LogP contribution in [0.15, 0.2) is 77.6 Å². The van der Waals surface area contributed by atoms with Gasteiger partial charge in [-0.15, -0.1) is 11.3 Å². The minimum atomic E-state index is -1.01. The predicted molar refractivity (Wildman–Crippen MR) is 141 cm³/mol. The standard InChI is InChI=1S/C27H22F2N6O2S/c28-22-5-3-18(11-23(22)29)14-35-16-30-13-21(27(35)37)26(36)32-12-17-4-6-24-20(10-17)25(34-15-33-24)31-8-7-19-2-1-9-38-19/h1-6,9-11,13,15-16H,7-8,12,14H2,(H,32,36)(H,31,33,34). The highest BCUT2D eigenvalue weighted by atomic mass is 32.1. The molecule has 192 valence electrons. The maximum Gasteiger partial charge on any atom is 0.266 e. The first-order valence-electron chi connectivity index (χ1n) is 11.7. The molecule has 11 heteroatoms. The summed E-state index contributed by atoms with van der Waals surface area (Å²) in [5, 5.41) is 8.97. The highest BCUT2D eigenvalue weighted by molar-refractivity contribution is 7.09. The normalized spacial score (nSPS) is 11.0. The highest BCUT2D eigenvalue weighted by Crippen LogP contribution is 2.21. The minimum Gasteiger partial charge on any atom is -0.369 e. The maximum atomic E-state index is 13.5. The van der Waals surface area contributed by atoms with Crippen molar-refractivity contribution >= 4 is 34.0 Å². The fourth-order valence-corrected chi connectivity index (χ4v) is 4.65. The first kappa shape index (κ1) is 25.2. The molecule has 0 atom stereocenters. The van der Waals surface area contributed by atoms with E-state index in [9.17, 15) is 18.4 Å². The van der Waals surface area contributed by atoms with Gasteiger partial charge in [-0.1, -0.05) is 18.2 Å². The molecular formula is C27H22F2N6O2S. The van der Waals surface area contributed by atoms with Gasteiger partial charge in [-0.2, -0.15) is 0 Å². The van der Waals surface area contributed by atoms with Crippen LogP contribution in [0.25, 0.3) is 10.9 Å². The van der Waals surface area contributed by atoms with Crippen LogP contribution in [-0.4, -0.2) is 32.0 Å². The monoisotopic (exact) mass is 532 g/mol. The lowest BCUT2D eigenvalue weighted by molar-refractivity contribution is 0.0948. The van der Waals surface area contributed by atoms with Crippen molar-refractivity contribution in [3.8, 4) is 0 Å². The van der Waals surface area contributed by atoms with Crippen LogP contribution in [0, 0.1) is 11.6 Å². The van der Waals surface area contributed by atoms with Gasteiger partial charge in [0.25, 0.3) is 11.5 Å². The Bertz CT molecular complexity index is 1660. The van der Waals surface area contributed by atoms with E-state index in [1.54, 1.807) is 11.3 Å². The van der Waals surface area contributed by atoms with Crippen LogP contribution in [-0.2, 0) is 19.5 Å². The van der Waals surface area contributed by atoms with Crippen molar-refractivity contribution in [3.05, 3.63) is 116 Å². The molecule has 0 radical (unpaired) electrons. The zero-order valence-electron chi connectivity index (χ0n) is 20.0. The SMILES string of the molecule is O=C(NCc1ccc2ncnc(NCCc3cccs3)c2c1)c1cncn(Cc2ccc(F)c(F)c2)c1=O. The average molecular weight is 533 g/mol. The number of aromatic nitrogens is 4. The quantitative estimate of drug-likeness (QED) is 0.296. The van der Waals surface area contributed by atoms with Gasteiger partial charge in [-0.3, -0.25) is 14.2 Å². The van der Waals surface area contributed by atoms with Gasteiger partial charge in [0.1, 0.15) is 17.7 Å². The summed E-state index contributed by atoms with van der Waals surface area (Å²) in [4.78, 5) is 39.6. The van der Waals surface area contributed by atoms with Crippen LogP contribution in [0.5, 0.6) is 0 Å².